The van der Waals surface area contributed by atoms with Crippen LogP contribution in [0.2, 0.25) is 0 Å². The largest absolute Gasteiger partial charge is 0.490 e. The lowest BCUT2D eigenvalue weighted by Crippen LogP contribution is -2.07. The van der Waals surface area contributed by atoms with Gasteiger partial charge in [0.05, 0.1) is 33.5 Å². The van der Waals surface area contributed by atoms with Crippen LogP contribution in [0, 0.1) is 0 Å². The fraction of sp³-hybridized carbons (Fsp3) is 0.400. The summed E-state index contributed by atoms with van der Waals surface area (Å²) < 4.78 is 27.0. The van der Waals surface area contributed by atoms with Crippen LogP contribution in [0.25, 0.3) is 11.0 Å². The molecule has 0 fully saturated rings. The van der Waals surface area contributed by atoms with Crippen molar-refractivity contribution in [2.45, 2.75) is 13.8 Å². The lowest BCUT2D eigenvalue weighted by Gasteiger charge is -2.16. The SMILES string of the molecule is CCOc1cc2oc(OC)cc(=O)c2c(OCC)c1OC. The minimum Gasteiger partial charge on any atom is -0.490 e. The smallest absolute Gasteiger partial charge is 0.288 e. The van der Waals surface area contributed by atoms with Crippen molar-refractivity contribution in [3.8, 4) is 23.2 Å². The van der Waals surface area contributed by atoms with Crippen LogP contribution >= 0.6 is 0 Å². The highest BCUT2D eigenvalue weighted by Gasteiger charge is 2.21. The second-order valence-corrected chi connectivity index (χ2v) is 4.11. The van der Waals surface area contributed by atoms with E-state index in [9.17, 15) is 4.79 Å². The first-order chi connectivity index (χ1) is 10.2. The second-order valence-electron chi connectivity index (χ2n) is 4.11. The van der Waals surface area contributed by atoms with Crippen molar-refractivity contribution in [3.63, 3.8) is 0 Å². The van der Waals surface area contributed by atoms with E-state index < -0.39 is 0 Å². The highest BCUT2D eigenvalue weighted by atomic mass is 16.6. The first-order valence-electron chi connectivity index (χ1n) is 6.64. The van der Waals surface area contributed by atoms with Crippen molar-refractivity contribution in [1.29, 1.82) is 0 Å². The molecule has 0 saturated heterocycles. The Kier molecular flexibility index (Phi) is 4.57. The summed E-state index contributed by atoms with van der Waals surface area (Å²) in [4.78, 5) is 12.3. The molecule has 0 aliphatic carbocycles. The Morgan fingerprint density at radius 3 is 2.29 bits per heavy atom. The molecule has 1 aromatic heterocycles. The van der Waals surface area contributed by atoms with Crippen LogP contribution in [0.4, 0.5) is 0 Å². The Labute approximate surface area is 122 Å². The van der Waals surface area contributed by atoms with Gasteiger partial charge in [0.2, 0.25) is 11.2 Å². The lowest BCUT2D eigenvalue weighted by molar-refractivity contribution is 0.281. The van der Waals surface area contributed by atoms with Crippen molar-refractivity contribution in [1.82, 2.24) is 0 Å². The molecule has 1 aromatic carbocycles. The summed E-state index contributed by atoms with van der Waals surface area (Å²) in [6, 6.07) is 2.87. The first-order valence-corrected chi connectivity index (χ1v) is 6.64. The van der Waals surface area contributed by atoms with Gasteiger partial charge in [0.1, 0.15) is 11.0 Å². The van der Waals surface area contributed by atoms with Gasteiger partial charge in [-0.1, -0.05) is 0 Å². The third kappa shape index (κ3) is 2.74. The van der Waals surface area contributed by atoms with Crippen LogP contribution < -0.4 is 24.4 Å². The van der Waals surface area contributed by atoms with E-state index in [4.69, 9.17) is 23.4 Å². The van der Waals surface area contributed by atoms with Crippen LogP contribution in [0.3, 0.4) is 0 Å². The summed E-state index contributed by atoms with van der Waals surface area (Å²) in [5.74, 6) is 1.27. The maximum absolute atomic E-state index is 12.3. The molecule has 1 heterocycles. The number of fused-ring (bicyclic) bond motifs is 1. The summed E-state index contributed by atoms with van der Waals surface area (Å²) in [6.07, 6.45) is 0. The van der Waals surface area contributed by atoms with Crippen molar-refractivity contribution >= 4 is 11.0 Å². The number of benzene rings is 1. The van der Waals surface area contributed by atoms with Gasteiger partial charge in [-0.15, -0.1) is 0 Å². The molecule has 21 heavy (non-hydrogen) atoms. The minimum atomic E-state index is -0.266. The molecule has 6 nitrogen and oxygen atoms in total. The van der Waals surface area contributed by atoms with Crippen LogP contribution in [0.1, 0.15) is 13.8 Å². The molecule has 0 bridgehead atoms. The molecule has 6 heteroatoms. The van der Waals surface area contributed by atoms with Gasteiger partial charge in [0, 0.05) is 6.07 Å². The minimum absolute atomic E-state index is 0.127. The van der Waals surface area contributed by atoms with E-state index in [0.29, 0.717) is 41.4 Å². The Morgan fingerprint density at radius 2 is 1.71 bits per heavy atom. The molecule has 2 rings (SSSR count). The van der Waals surface area contributed by atoms with Crippen molar-refractivity contribution in [2.24, 2.45) is 0 Å². The standard InChI is InChI=1S/C15H18O6/c1-5-19-11-8-10-13(9(16)7-12(17-3)21-10)15(20-6-2)14(11)18-4/h7-8H,5-6H2,1-4H3. The molecule has 0 amide bonds. The van der Waals surface area contributed by atoms with E-state index in [-0.39, 0.29) is 11.4 Å². The Balaban J connectivity index is 2.84. The monoisotopic (exact) mass is 294 g/mol. The predicted molar refractivity (Wildman–Crippen MR) is 77.9 cm³/mol. The molecule has 0 spiro atoms. The predicted octanol–water partition coefficient (Wildman–Crippen LogP) is 2.61. The summed E-state index contributed by atoms with van der Waals surface area (Å²) in [6.45, 7) is 4.50. The van der Waals surface area contributed by atoms with Crippen molar-refractivity contribution in [3.05, 3.63) is 22.4 Å². The summed E-state index contributed by atoms with van der Waals surface area (Å²) in [5.41, 5.74) is 0.0601. The molecule has 0 radical (unpaired) electrons. The van der Waals surface area contributed by atoms with Crippen LogP contribution in [-0.4, -0.2) is 27.4 Å². The number of rotatable bonds is 6. The Morgan fingerprint density at radius 1 is 1.00 bits per heavy atom. The average Bonchev–Trinajstić information content (AvgIpc) is 2.47. The lowest BCUT2D eigenvalue weighted by atomic mass is 10.1. The summed E-state index contributed by atoms with van der Waals surface area (Å²) in [7, 11) is 2.93. The van der Waals surface area contributed by atoms with Gasteiger partial charge in [0.25, 0.3) is 5.95 Å². The average molecular weight is 294 g/mol. The molecule has 0 aliphatic heterocycles. The quantitative estimate of drug-likeness (QED) is 0.816. The third-order valence-corrected chi connectivity index (χ3v) is 2.87. The van der Waals surface area contributed by atoms with Crippen molar-refractivity contribution in [2.75, 3.05) is 27.4 Å². The topological polar surface area (TPSA) is 67.1 Å². The Bertz CT molecular complexity index is 689. The number of hydrogen-bond acceptors (Lipinski definition) is 6. The first kappa shape index (κ1) is 15.0. The normalized spacial score (nSPS) is 10.5. The van der Waals surface area contributed by atoms with Crippen LogP contribution in [-0.2, 0) is 0 Å². The highest BCUT2D eigenvalue weighted by molar-refractivity contribution is 5.89. The molecular weight excluding hydrogens is 276 g/mol. The molecule has 0 N–H and O–H groups in total. The molecule has 2 aromatic rings. The zero-order valence-electron chi connectivity index (χ0n) is 12.5. The molecule has 0 saturated carbocycles. The van der Waals surface area contributed by atoms with Gasteiger partial charge in [-0.3, -0.25) is 4.79 Å². The number of ether oxygens (including phenoxy) is 4. The van der Waals surface area contributed by atoms with E-state index in [2.05, 4.69) is 0 Å². The fourth-order valence-electron chi connectivity index (χ4n) is 2.06. The van der Waals surface area contributed by atoms with E-state index >= 15 is 0 Å². The number of hydrogen-bond donors (Lipinski definition) is 0. The maximum atomic E-state index is 12.3. The summed E-state index contributed by atoms with van der Waals surface area (Å²) in [5, 5.41) is 0.304. The van der Waals surface area contributed by atoms with Gasteiger partial charge in [0.15, 0.2) is 11.5 Å². The zero-order valence-corrected chi connectivity index (χ0v) is 12.5. The molecule has 0 unspecified atom stereocenters. The van der Waals surface area contributed by atoms with E-state index in [1.54, 1.807) is 6.07 Å². The fourth-order valence-corrected chi connectivity index (χ4v) is 2.06. The Hall–Kier alpha value is -2.37. The molecular formula is C15H18O6. The molecule has 0 atom stereocenters. The van der Waals surface area contributed by atoms with Gasteiger partial charge < -0.3 is 23.4 Å². The zero-order chi connectivity index (χ0) is 15.4. The van der Waals surface area contributed by atoms with E-state index in [0.717, 1.165) is 0 Å². The van der Waals surface area contributed by atoms with Gasteiger partial charge in [-0.25, -0.2) is 0 Å². The summed E-state index contributed by atoms with van der Waals surface area (Å²) >= 11 is 0. The van der Waals surface area contributed by atoms with Gasteiger partial charge >= 0.3 is 0 Å². The highest BCUT2D eigenvalue weighted by Crippen LogP contribution is 2.43. The third-order valence-electron chi connectivity index (χ3n) is 2.87. The van der Waals surface area contributed by atoms with Gasteiger partial charge in [-0.05, 0) is 13.8 Å². The van der Waals surface area contributed by atoms with Gasteiger partial charge in [-0.2, -0.15) is 0 Å². The number of methoxy groups -OCH3 is 2. The maximum Gasteiger partial charge on any atom is 0.288 e. The van der Waals surface area contributed by atoms with Crippen LogP contribution in [0.5, 0.6) is 23.2 Å². The molecule has 114 valence electrons. The van der Waals surface area contributed by atoms with E-state index in [1.807, 2.05) is 13.8 Å². The van der Waals surface area contributed by atoms with Crippen molar-refractivity contribution < 1.29 is 23.4 Å². The van der Waals surface area contributed by atoms with Crippen LogP contribution in [0.15, 0.2) is 21.3 Å². The molecule has 0 aliphatic rings. The second kappa shape index (κ2) is 6.39. The van der Waals surface area contributed by atoms with E-state index in [1.165, 1.54) is 20.3 Å².